The molecule has 4 nitrogen and oxygen atoms in total. The lowest BCUT2D eigenvalue weighted by atomic mass is 10.2. The molecule has 5 heteroatoms. The summed E-state index contributed by atoms with van der Waals surface area (Å²) in [7, 11) is -3.12. The number of ether oxygens (including phenoxy) is 1. The Kier molecular flexibility index (Phi) is 9.33. The van der Waals surface area contributed by atoms with E-state index < -0.39 is 7.60 Å². The normalized spacial score (nSPS) is 12.6. The summed E-state index contributed by atoms with van der Waals surface area (Å²) >= 11 is 0. The molecule has 0 saturated heterocycles. The van der Waals surface area contributed by atoms with E-state index in [2.05, 4.69) is 0 Å². The van der Waals surface area contributed by atoms with Crippen molar-refractivity contribution in [3.63, 3.8) is 0 Å². The summed E-state index contributed by atoms with van der Waals surface area (Å²) in [6.07, 6.45) is 1.53. The Balaban J connectivity index is 2.49. The molecule has 0 aliphatic heterocycles. The first-order valence-electron chi connectivity index (χ1n) is 7.84. The van der Waals surface area contributed by atoms with Crippen LogP contribution >= 0.6 is 7.60 Å². The van der Waals surface area contributed by atoms with Gasteiger partial charge in [0.1, 0.15) is 0 Å². The van der Waals surface area contributed by atoms with Crippen LogP contribution in [0.2, 0.25) is 0 Å². The monoisotopic (exact) mass is 326 g/mol. The van der Waals surface area contributed by atoms with Crippen molar-refractivity contribution in [3.05, 3.63) is 47.3 Å². The van der Waals surface area contributed by atoms with Crippen molar-refractivity contribution in [2.75, 3.05) is 19.8 Å². The van der Waals surface area contributed by atoms with E-state index in [0.717, 1.165) is 24.0 Å². The minimum Gasteiger partial charge on any atom is -0.376 e. The van der Waals surface area contributed by atoms with Crippen LogP contribution in [0.15, 0.2) is 41.7 Å². The van der Waals surface area contributed by atoms with Gasteiger partial charge in [0.15, 0.2) is 0 Å². The molecular weight excluding hydrogens is 299 g/mol. The molecule has 0 bridgehead atoms. The summed E-state index contributed by atoms with van der Waals surface area (Å²) in [5.74, 6) is 1.66. The Morgan fingerprint density at radius 1 is 1.09 bits per heavy atom. The molecule has 1 aromatic carbocycles. The van der Waals surface area contributed by atoms with Crippen molar-refractivity contribution in [2.45, 2.75) is 40.2 Å². The van der Waals surface area contributed by atoms with Gasteiger partial charge in [-0.15, -0.1) is 0 Å². The van der Waals surface area contributed by atoms with Gasteiger partial charge < -0.3 is 13.8 Å². The maximum atomic E-state index is 12.5. The summed E-state index contributed by atoms with van der Waals surface area (Å²) in [5.41, 5.74) is 2.19. The van der Waals surface area contributed by atoms with Crippen molar-refractivity contribution < 1.29 is 18.3 Å². The average molecular weight is 326 g/mol. The van der Waals surface area contributed by atoms with Crippen molar-refractivity contribution >= 4 is 7.60 Å². The summed E-state index contributed by atoms with van der Waals surface area (Å²) in [5, 5.41) is 0. The molecule has 1 rings (SSSR count). The lowest BCUT2D eigenvalue weighted by molar-refractivity contribution is 0.123. The van der Waals surface area contributed by atoms with E-state index in [4.69, 9.17) is 13.8 Å². The topological polar surface area (TPSA) is 44.8 Å². The summed E-state index contributed by atoms with van der Waals surface area (Å²) in [4.78, 5) is 0. The van der Waals surface area contributed by atoms with E-state index in [1.165, 1.54) is 0 Å². The second-order valence-corrected chi connectivity index (χ2v) is 6.66. The van der Waals surface area contributed by atoms with Crippen LogP contribution in [0.1, 0.15) is 39.2 Å². The van der Waals surface area contributed by atoms with Gasteiger partial charge in [0.2, 0.25) is 0 Å². The van der Waals surface area contributed by atoms with E-state index in [0.29, 0.717) is 26.4 Å². The van der Waals surface area contributed by atoms with Crippen LogP contribution < -0.4 is 0 Å². The van der Waals surface area contributed by atoms with E-state index >= 15 is 0 Å². The fourth-order valence-electron chi connectivity index (χ4n) is 2.00. The zero-order valence-corrected chi connectivity index (χ0v) is 14.7. The predicted octanol–water partition coefficient (Wildman–Crippen LogP) is 5.15. The van der Waals surface area contributed by atoms with Gasteiger partial charge in [0, 0.05) is 5.82 Å². The number of hydrogen-bond donors (Lipinski definition) is 0. The van der Waals surface area contributed by atoms with Crippen LogP contribution in [-0.2, 0) is 25.0 Å². The summed E-state index contributed by atoms with van der Waals surface area (Å²) < 4.78 is 28.7. The Morgan fingerprint density at radius 2 is 1.73 bits per heavy atom. The predicted molar refractivity (Wildman–Crippen MR) is 89.9 cm³/mol. The molecule has 0 fully saturated rings. The minimum absolute atomic E-state index is 0.370. The van der Waals surface area contributed by atoms with Gasteiger partial charge in [-0.25, -0.2) is 0 Å². The van der Waals surface area contributed by atoms with Crippen molar-refractivity contribution in [1.29, 1.82) is 0 Å². The first-order chi connectivity index (χ1) is 10.6. The molecule has 0 heterocycles. The summed E-state index contributed by atoms with van der Waals surface area (Å²) in [6, 6.07) is 10.1. The largest absolute Gasteiger partial charge is 0.376 e. The average Bonchev–Trinajstić information content (AvgIpc) is 2.52. The molecule has 124 valence electrons. The Labute approximate surface area is 134 Å². The van der Waals surface area contributed by atoms with Crippen LogP contribution in [-0.4, -0.2) is 19.8 Å². The van der Waals surface area contributed by atoms with Gasteiger partial charge in [0.05, 0.1) is 26.4 Å². The third-order valence-electron chi connectivity index (χ3n) is 3.09. The van der Waals surface area contributed by atoms with Crippen molar-refractivity contribution in [3.8, 4) is 0 Å². The molecule has 0 radical (unpaired) electrons. The molecule has 0 aliphatic rings. The van der Waals surface area contributed by atoms with Crippen LogP contribution in [0.25, 0.3) is 0 Å². The highest BCUT2D eigenvalue weighted by Gasteiger charge is 2.20. The standard InChI is InChI=1S/C17H27O4P/c1-4-16(15-22(18,20-5-2)21-6-3)12-13-19-14-17-10-8-7-9-11-17/h7-11,15H,4-6,12-14H2,1-3H3. The quantitative estimate of drug-likeness (QED) is 0.416. The smallest absolute Gasteiger partial charge is 0.354 e. The van der Waals surface area contributed by atoms with Crippen LogP contribution in [0.4, 0.5) is 0 Å². The lowest BCUT2D eigenvalue weighted by Gasteiger charge is -2.15. The first-order valence-corrected chi connectivity index (χ1v) is 9.45. The van der Waals surface area contributed by atoms with E-state index in [1.807, 2.05) is 51.1 Å². The maximum absolute atomic E-state index is 12.5. The maximum Gasteiger partial charge on any atom is 0.354 e. The van der Waals surface area contributed by atoms with Crippen LogP contribution in [0, 0.1) is 0 Å². The van der Waals surface area contributed by atoms with Crippen LogP contribution in [0.5, 0.6) is 0 Å². The van der Waals surface area contributed by atoms with Gasteiger partial charge in [-0.05, 0) is 32.3 Å². The van der Waals surface area contributed by atoms with Crippen LogP contribution in [0.3, 0.4) is 0 Å². The molecule has 0 spiro atoms. The van der Waals surface area contributed by atoms with E-state index in [1.54, 1.807) is 5.82 Å². The van der Waals surface area contributed by atoms with Gasteiger partial charge in [0.25, 0.3) is 0 Å². The molecule has 22 heavy (non-hydrogen) atoms. The highest BCUT2D eigenvalue weighted by Crippen LogP contribution is 2.51. The first kappa shape index (κ1) is 19.1. The van der Waals surface area contributed by atoms with E-state index in [-0.39, 0.29) is 0 Å². The second kappa shape index (κ2) is 10.7. The SMILES string of the molecule is CCOP(=O)(C=C(CC)CCOCc1ccccc1)OCC. The lowest BCUT2D eigenvalue weighted by Crippen LogP contribution is -1.99. The van der Waals surface area contributed by atoms with Gasteiger partial charge in [-0.3, -0.25) is 4.57 Å². The molecule has 0 saturated carbocycles. The second-order valence-electron chi connectivity index (χ2n) is 4.80. The Morgan fingerprint density at radius 3 is 2.27 bits per heavy atom. The third-order valence-corrected chi connectivity index (χ3v) is 5.01. The Hall–Kier alpha value is -0.930. The molecule has 0 amide bonds. The third kappa shape index (κ3) is 7.37. The molecule has 1 aromatic rings. The van der Waals surface area contributed by atoms with Gasteiger partial charge in [-0.2, -0.15) is 0 Å². The van der Waals surface area contributed by atoms with E-state index in [9.17, 15) is 4.57 Å². The highest BCUT2D eigenvalue weighted by molar-refractivity contribution is 7.57. The van der Waals surface area contributed by atoms with Crippen molar-refractivity contribution in [1.82, 2.24) is 0 Å². The van der Waals surface area contributed by atoms with Gasteiger partial charge in [-0.1, -0.05) is 42.8 Å². The Bertz CT molecular complexity index is 475. The molecule has 0 atom stereocenters. The molecule has 0 N–H and O–H groups in total. The molecule has 0 aromatic heterocycles. The van der Waals surface area contributed by atoms with Gasteiger partial charge >= 0.3 is 7.60 Å². The minimum atomic E-state index is -3.12. The number of hydrogen-bond acceptors (Lipinski definition) is 4. The zero-order chi connectivity index (χ0) is 16.3. The number of benzene rings is 1. The zero-order valence-electron chi connectivity index (χ0n) is 13.8. The van der Waals surface area contributed by atoms with Crippen molar-refractivity contribution in [2.24, 2.45) is 0 Å². The molecule has 0 aliphatic carbocycles. The fourth-order valence-corrected chi connectivity index (χ4v) is 3.70. The highest BCUT2D eigenvalue weighted by atomic mass is 31.2. The molecule has 0 unspecified atom stereocenters. The molecular formula is C17H27O4P. The number of rotatable bonds is 11. The summed E-state index contributed by atoms with van der Waals surface area (Å²) in [6.45, 7) is 7.58. The fraction of sp³-hybridized carbons (Fsp3) is 0.529.